The second-order valence-electron chi connectivity index (χ2n) is 7.31. The smallest absolute Gasteiger partial charge is 0.323 e. The molecule has 0 aliphatic heterocycles. The van der Waals surface area contributed by atoms with Gasteiger partial charge in [0.15, 0.2) is 5.13 Å². The average molecular weight is 425 g/mol. The topological polar surface area (TPSA) is 92.4 Å². The summed E-state index contributed by atoms with van der Waals surface area (Å²) in [5.41, 5.74) is 1.93. The number of urea groups is 1. The molecule has 1 heterocycles. The molecule has 30 heavy (non-hydrogen) atoms. The maximum absolute atomic E-state index is 12.5. The van der Waals surface area contributed by atoms with Crippen molar-refractivity contribution in [2.75, 3.05) is 23.1 Å². The average Bonchev–Trinajstić information content (AvgIpc) is 3.16. The first-order chi connectivity index (χ1) is 14.6. The summed E-state index contributed by atoms with van der Waals surface area (Å²) in [6.07, 6.45) is 5.34. The summed E-state index contributed by atoms with van der Waals surface area (Å²) in [6.45, 7) is 0. The summed E-state index contributed by atoms with van der Waals surface area (Å²) in [5.74, 6) is 0.728. The minimum absolute atomic E-state index is 0.0586. The van der Waals surface area contributed by atoms with E-state index >= 15 is 0 Å². The van der Waals surface area contributed by atoms with E-state index in [0.717, 1.165) is 35.9 Å². The number of aromatic nitrogens is 1. The van der Waals surface area contributed by atoms with Crippen molar-refractivity contribution < 1.29 is 14.3 Å². The molecule has 2 aromatic carbocycles. The van der Waals surface area contributed by atoms with E-state index in [1.54, 1.807) is 25.3 Å². The first-order valence-corrected chi connectivity index (χ1v) is 10.9. The quantitative estimate of drug-likeness (QED) is 0.506. The first kappa shape index (κ1) is 20.2. The van der Waals surface area contributed by atoms with E-state index in [0.29, 0.717) is 22.3 Å². The highest BCUT2D eigenvalue weighted by atomic mass is 32.1. The SMILES string of the molecule is COc1ccccc1NC(=O)Nc1ccc2sc(NC(=O)C3CCCCC3)nc2c1. The molecule has 0 unspecified atom stereocenters. The Kier molecular flexibility index (Phi) is 6.13. The fourth-order valence-electron chi connectivity index (χ4n) is 3.66. The molecule has 1 aliphatic rings. The molecule has 8 heteroatoms. The van der Waals surface area contributed by atoms with Crippen LogP contribution in [0.3, 0.4) is 0 Å². The summed E-state index contributed by atoms with van der Waals surface area (Å²) in [5, 5.41) is 9.14. The number of methoxy groups -OCH3 is 1. The first-order valence-electron chi connectivity index (χ1n) is 10.0. The molecule has 3 N–H and O–H groups in total. The van der Waals surface area contributed by atoms with Gasteiger partial charge in [-0.25, -0.2) is 9.78 Å². The minimum Gasteiger partial charge on any atom is -0.495 e. The number of carbonyl (C=O) groups excluding carboxylic acids is 2. The fourth-order valence-corrected chi connectivity index (χ4v) is 4.51. The van der Waals surface area contributed by atoms with Gasteiger partial charge >= 0.3 is 6.03 Å². The van der Waals surface area contributed by atoms with Gasteiger partial charge in [-0.15, -0.1) is 0 Å². The van der Waals surface area contributed by atoms with Crippen molar-refractivity contribution in [1.29, 1.82) is 0 Å². The summed E-state index contributed by atoms with van der Waals surface area (Å²) >= 11 is 1.44. The highest BCUT2D eigenvalue weighted by Crippen LogP contribution is 2.30. The third-order valence-electron chi connectivity index (χ3n) is 5.21. The second-order valence-corrected chi connectivity index (χ2v) is 8.34. The van der Waals surface area contributed by atoms with Crippen LogP contribution in [0, 0.1) is 5.92 Å². The molecule has 0 spiro atoms. The lowest BCUT2D eigenvalue weighted by Gasteiger charge is -2.19. The predicted molar refractivity (Wildman–Crippen MR) is 120 cm³/mol. The molecule has 0 bridgehead atoms. The number of para-hydroxylation sites is 2. The number of ether oxygens (including phenoxy) is 1. The van der Waals surface area contributed by atoms with E-state index in [2.05, 4.69) is 20.9 Å². The zero-order valence-electron chi connectivity index (χ0n) is 16.7. The van der Waals surface area contributed by atoms with Gasteiger partial charge in [0.25, 0.3) is 0 Å². The lowest BCUT2D eigenvalue weighted by Crippen LogP contribution is -2.24. The van der Waals surface area contributed by atoms with Crippen molar-refractivity contribution in [3.63, 3.8) is 0 Å². The number of amides is 3. The zero-order chi connectivity index (χ0) is 20.9. The van der Waals surface area contributed by atoms with Crippen LogP contribution in [0.1, 0.15) is 32.1 Å². The van der Waals surface area contributed by atoms with Gasteiger partial charge in [-0.05, 0) is 43.2 Å². The van der Waals surface area contributed by atoms with E-state index in [4.69, 9.17) is 4.74 Å². The number of hydrogen-bond donors (Lipinski definition) is 3. The molecule has 1 aromatic heterocycles. The van der Waals surface area contributed by atoms with Crippen molar-refractivity contribution in [2.24, 2.45) is 5.92 Å². The Morgan fingerprint density at radius 1 is 1.03 bits per heavy atom. The van der Waals surface area contributed by atoms with Crippen molar-refractivity contribution in [3.8, 4) is 5.75 Å². The van der Waals surface area contributed by atoms with Crippen LogP contribution in [0.4, 0.5) is 21.3 Å². The highest BCUT2D eigenvalue weighted by molar-refractivity contribution is 7.22. The number of thiazole rings is 1. The molecular weight excluding hydrogens is 400 g/mol. The zero-order valence-corrected chi connectivity index (χ0v) is 17.6. The number of carbonyl (C=O) groups is 2. The number of nitrogens with zero attached hydrogens (tertiary/aromatic N) is 1. The monoisotopic (exact) mass is 424 g/mol. The van der Waals surface area contributed by atoms with E-state index in [9.17, 15) is 9.59 Å². The molecule has 1 saturated carbocycles. The molecule has 4 rings (SSSR count). The highest BCUT2D eigenvalue weighted by Gasteiger charge is 2.22. The summed E-state index contributed by atoms with van der Waals surface area (Å²) in [4.78, 5) is 29.3. The van der Waals surface area contributed by atoms with Crippen LogP contribution in [-0.2, 0) is 4.79 Å². The molecule has 156 valence electrons. The fraction of sp³-hybridized carbons (Fsp3) is 0.318. The molecular formula is C22H24N4O3S. The number of anilines is 3. The van der Waals surface area contributed by atoms with Crippen LogP contribution in [0.5, 0.6) is 5.75 Å². The van der Waals surface area contributed by atoms with Crippen molar-refractivity contribution in [2.45, 2.75) is 32.1 Å². The van der Waals surface area contributed by atoms with E-state index in [1.807, 2.05) is 24.3 Å². The molecule has 0 saturated heterocycles. The minimum atomic E-state index is -0.375. The van der Waals surface area contributed by atoms with Crippen molar-refractivity contribution in [3.05, 3.63) is 42.5 Å². The Morgan fingerprint density at radius 2 is 1.83 bits per heavy atom. The standard InChI is InChI=1S/C22H24N4O3S/c1-29-18-10-6-5-9-16(18)24-21(28)23-15-11-12-19-17(13-15)25-22(30-19)26-20(27)14-7-3-2-4-8-14/h5-6,9-14H,2-4,7-8H2,1H3,(H2,23,24,28)(H,25,26,27). The molecule has 7 nitrogen and oxygen atoms in total. The lowest BCUT2D eigenvalue weighted by molar-refractivity contribution is -0.120. The van der Waals surface area contributed by atoms with Crippen LogP contribution in [0.2, 0.25) is 0 Å². The second kappa shape index (κ2) is 9.13. The Bertz CT molecular complexity index is 1060. The van der Waals surface area contributed by atoms with E-state index in [-0.39, 0.29) is 17.9 Å². The number of hydrogen-bond acceptors (Lipinski definition) is 5. The van der Waals surface area contributed by atoms with Gasteiger partial charge in [0.1, 0.15) is 5.75 Å². The molecule has 1 fully saturated rings. The van der Waals surface area contributed by atoms with Gasteiger partial charge in [-0.2, -0.15) is 0 Å². The van der Waals surface area contributed by atoms with Crippen LogP contribution in [0.15, 0.2) is 42.5 Å². The normalized spacial score (nSPS) is 14.3. The Labute approximate surface area is 178 Å². The van der Waals surface area contributed by atoms with Crippen molar-refractivity contribution in [1.82, 2.24) is 4.98 Å². The van der Waals surface area contributed by atoms with Crippen LogP contribution >= 0.6 is 11.3 Å². The van der Waals surface area contributed by atoms with Crippen LogP contribution < -0.4 is 20.7 Å². The molecule has 3 aromatic rings. The maximum Gasteiger partial charge on any atom is 0.323 e. The summed E-state index contributed by atoms with van der Waals surface area (Å²) < 4.78 is 6.20. The van der Waals surface area contributed by atoms with Crippen LogP contribution in [-0.4, -0.2) is 24.0 Å². The third-order valence-corrected chi connectivity index (χ3v) is 6.16. The Balaban J connectivity index is 1.42. The van der Waals surface area contributed by atoms with Gasteiger partial charge < -0.3 is 20.7 Å². The molecule has 0 atom stereocenters. The molecule has 3 amide bonds. The Hall–Kier alpha value is -3.13. The lowest BCUT2D eigenvalue weighted by atomic mass is 9.89. The largest absolute Gasteiger partial charge is 0.495 e. The number of benzene rings is 2. The van der Waals surface area contributed by atoms with Gasteiger partial charge in [-0.1, -0.05) is 42.7 Å². The Morgan fingerprint density at radius 3 is 2.63 bits per heavy atom. The predicted octanol–water partition coefficient (Wildman–Crippen LogP) is 5.47. The van der Waals surface area contributed by atoms with Gasteiger partial charge in [-0.3, -0.25) is 4.79 Å². The number of rotatable bonds is 5. The third kappa shape index (κ3) is 4.71. The van der Waals surface area contributed by atoms with E-state index in [1.165, 1.54) is 17.8 Å². The molecule has 1 aliphatic carbocycles. The summed E-state index contributed by atoms with van der Waals surface area (Å²) in [7, 11) is 1.55. The van der Waals surface area contributed by atoms with E-state index < -0.39 is 0 Å². The van der Waals surface area contributed by atoms with Crippen molar-refractivity contribution >= 4 is 50.0 Å². The van der Waals surface area contributed by atoms with Crippen LogP contribution in [0.25, 0.3) is 10.2 Å². The van der Waals surface area contributed by atoms with Gasteiger partial charge in [0.05, 0.1) is 23.0 Å². The van der Waals surface area contributed by atoms with Gasteiger partial charge in [0, 0.05) is 11.6 Å². The molecule has 0 radical (unpaired) electrons. The van der Waals surface area contributed by atoms with Gasteiger partial charge in [0.2, 0.25) is 5.91 Å². The number of fused-ring (bicyclic) bond motifs is 1. The number of nitrogens with one attached hydrogen (secondary N) is 3. The maximum atomic E-state index is 12.5. The summed E-state index contributed by atoms with van der Waals surface area (Å²) in [6, 6.07) is 12.3.